The van der Waals surface area contributed by atoms with E-state index >= 15 is 0 Å². The number of sulfonamides is 1. The second-order valence-electron chi connectivity index (χ2n) is 6.85. The van der Waals surface area contributed by atoms with E-state index in [-0.39, 0.29) is 28.5 Å². The first-order chi connectivity index (χ1) is 11.7. The quantitative estimate of drug-likeness (QED) is 0.820. The molecule has 0 saturated carbocycles. The molecule has 0 aliphatic carbocycles. The van der Waals surface area contributed by atoms with Crippen LogP contribution in [0.3, 0.4) is 0 Å². The Kier molecular flexibility index (Phi) is 5.46. The summed E-state index contributed by atoms with van der Waals surface area (Å²) in [5, 5.41) is 0.431. The van der Waals surface area contributed by atoms with Crippen LogP contribution in [0.4, 0.5) is 0 Å². The molecule has 1 atom stereocenters. The number of hydrogen-bond donors (Lipinski definition) is 1. The third-order valence-corrected chi connectivity index (χ3v) is 8.91. The maximum atomic E-state index is 12.6. The zero-order chi connectivity index (χ0) is 18.2. The fourth-order valence-electron chi connectivity index (χ4n) is 3.61. The third kappa shape index (κ3) is 4.36. The molecule has 6 nitrogen and oxygen atoms in total. The van der Waals surface area contributed by atoms with Crippen LogP contribution >= 0.6 is 11.6 Å². The van der Waals surface area contributed by atoms with Crippen LogP contribution in [0.1, 0.15) is 24.8 Å². The number of halogens is 1. The predicted molar refractivity (Wildman–Crippen MR) is 98.2 cm³/mol. The standard InChI is InChI=1S/C16H23ClN2O4S2/c1-12-15(17)3-2-4-16(12)25(22,23)18-13-5-8-19(9-6-13)14-7-10-24(20,21)11-14/h2-4,13-14,18H,5-11H2,1H3/t14-/m1/s1. The molecule has 1 aromatic carbocycles. The summed E-state index contributed by atoms with van der Waals surface area (Å²) >= 11 is 6.03. The molecule has 0 aromatic heterocycles. The van der Waals surface area contributed by atoms with Crippen molar-refractivity contribution in [2.75, 3.05) is 24.6 Å². The van der Waals surface area contributed by atoms with Crippen LogP contribution < -0.4 is 4.72 Å². The molecule has 2 saturated heterocycles. The molecule has 140 valence electrons. The van der Waals surface area contributed by atoms with E-state index in [1.807, 2.05) is 0 Å². The molecule has 2 aliphatic heterocycles. The second-order valence-corrected chi connectivity index (χ2v) is 11.2. The van der Waals surface area contributed by atoms with Gasteiger partial charge in [-0.2, -0.15) is 0 Å². The topological polar surface area (TPSA) is 83.6 Å². The minimum absolute atomic E-state index is 0.0812. The molecule has 2 aliphatic rings. The number of hydrogen-bond acceptors (Lipinski definition) is 5. The SMILES string of the molecule is Cc1c(Cl)cccc1S(=O)(=O)NC1CCN([C@@H]2CCS(=O)(=O)C2)CC1. The summed E-state index contributed by atoms with van der Waals surface area (Å²) in [6.45, 7) is 3.11. The van der Waals surface area contributed by atoms with Crippen molar-refractivity contribution in [3.05, 3.63) is 28.8 Å². The molecular formula is C16H23ClN2O4S2. The Labute approximate surface area is 154 Å². The summed E-state index contributed by atoms with van der Waals surface area (Å²) in [5.74, 6) is 0.489. The molecule has 0 spiro atoms. The summed E-state index contributed by atoms with van der Waals surface area (Å²) in [4.78, 5) is 2.39. The largest absolute Gasteiger partial charge is 0.299 e. The first-order valence-electron chi connectivity index (χ1n) is 8.40. The first-order valence-corrected chi connectivity index (χ1v) is 12.1. The number of piperidine rings is 1. The highest BCUT2D eigenvalue weighted by Crippen LogP contribution is 2.25. The van der Waals surface area contributed by atoms with Crippen molar-refractivity contribution < 1.29 is 16.8 Å². The zero-order valence-corrected chi connectivity index (χ0v) is 16.5. The average molecular weight is 407 g/mol. The van der Waals surface area contributed by atoms with Gasteiger partial charge in [0.1, 0.15) is 0 Å². The molecular weight excluding hydrogens is 384 g/mol. The van der Waals surface area contributed by atoms with Crippen LogP contribution in [-0.4, -0.2) is 58.4 Å². The van der Waals surface area contributed by atoms with Gasteiger partial charge in [-0.25, -0.2) is 21.6 Å². The Morgan fingerprint density at radius 2 is 1.88 bits per heavy atom. The molecule has 1 aromatic rings. The molecule has 2 fully saturated rings. The Morgan fingerprint density at radius 3 is 2.48 bits per heavy atom. The molecule has 0 radical (unpaired) electrons. The van der Waals surface area contributed by atoms with E-state index in [4.69, 9.17) is 11.6 Å². The third-order valence-electron chi connectivity index (χ3n) is 5.08. The molecule has 2 heterocycles. The number of nitrogens with zero attached hydrogens (tertiary/aromatic N) is 1. The highest BCUT2D eigenvalue weighted by Gasteiger charge is 2.35. The summed E-state index contributed by atoms with van der Waals surface area (Å²) in [6.07, 6.45) is 2.03. The number of sulfone groups is 1. The van der Waals surface area contributed by atoms with Crippen LogP contribution in [0.15, 0.2) is 23.1 Å². The normalized spacial score (nSPS) is 25.3. The Morgan fingerprint density at radius 1 is 1.20 bits per heavy atom. The lowest BCUT2D eigenvalue weighted by Crippen LogP contribution is -2.48. The van der Waals surface area contributed by atoms with Gasteiger partial charge in [0, 0.05) is 17.1 Å². The monoisotopic (exact) mass is 406 g/mol. The van der Waals surface area contributed by atoms with Crippen molar-refractivity contribution in [1.82, 2.24) is 9.62 Å². The van der Waals surface area contributed by atoms with Crippen molar-refractivity contribution in [2.24, 2.45) is 0 Å². The number of rotatable bonds is 4. The predicted octanol–water partition coefficient (Wildman–Crippen LogP) is 1.58. The van der Waals surface area contributed by atoms with Gasteiger partial charge in [-0.05, 0) is 57.0 Å². The van der Waals surface area contributed by atoms with Crippen molar-refractivity contribution in [3.8, 4) is 0 Å². The number of likely N-dealkylation sites (tertiary alicyclic amines) is 1. The van der Waals surface area contributed by atoms with Crippen LogP contribution in [-0.2, 0) is 19.9 Å². The average Bonchev–Trinajstić information content (AvgIpc) is 2.90. The van der Waals surface area contributed by atoms with E-state index in [1.165, 1.54) is 0 Å². The van der Waals surface area contributed by atoms with Gasteiger partial charge in [0.05, 0.1) is 16.4 Å². The zero-order valence-electron chi connectivity index (χ0n) is 14.1. The lowest BCUT2D eigenvalue weighted by Gasteiger charge is -2.35. The van der Waals surface area contributed by atoms with Crippen LogP contribution in [0.5, 0.6) is 0 Å². The summed E-state index contributed by atoms with van der Waals surface area (Å²) in [5.41, 5.74) is 0.547. The van der Waals surface area contributed by atoms with E-state index in [9.17, 15) is 16.8 Å². The van der Waals surface area contributed by atoms with Gasteiger partial charge in [-0.15, -0.1) is 0 Å². The minimum atomic E-state index is -3.62. The summed E-state index contributed by atoms with van der Waals surface area (Å²) in [6, 6.07) is 4.80. The highest BCUT2D eigenvalue weighted by atomic mass is 35.5. The Bertz CT molecular complexity index is 847. The molecule has 0 bridgehead atoms. The van der Waals surface area contributed by atoms with Gasteiger partial charge in [0.25, 0.3) is 0 Å². The van der Waals surface area contributed by atoms with Gasteiger partial charge < -0.3 is 0 Å². The van der Waals surface area contributed by atoms with Gasteiger partial charge in [-0.3, -0.25) is 4.90 Å². The molecule has 1 N–H and O–H groups in total. The van der Waals surface area contributed by atoms with Crippen molar-refractivity contribution in [3.63, 3.8) is 0 Å². The lowest BCUT2D eigenvalue weighted by atomic mass is 10.0. The van der Waals surface area contributed by atoms with Crippen LogP contribution in [0.2, 0.25) is 5.02 Å². The lowest BCUT2D eigenvalue weighted by molar-refractivity contribution is 0.161. The van der Waals surface area contributed by atoms with E-state index in [0.29, 0.717) is 42.9 Å². The van der Waals surface area contributed by atoms with Gasteiger partial charge >= 0.3 is 0 Å². The van der Waals surface area contributed by atoms with Crippen molar-refractivity contribution in [1.29, 1.82) is 0 Å². The number of nitrogens with one attached hydrogen (secondary N) is 1. The fraction of sp³-hybridized carbons (Fsp3) is 0.625. The first kappa shape index (κ1) is 19.1. The minimum Gasteiger partial charge on any atom is -0.299 e. The van der Waals surface area contributed by atoms with Crippen molar-refractivity contribution in [2.45, 2.75) is 43.2 Å². The highest BCUT2D eigenvalue weighted by molar-refractivity contribution is 7.91. The second kappa shape index (κ2) is 7.15. The summed E-state index contributed by atoms with van der Waals surface area (Å²) in [7, 11) is -6.51. The maximum Gasteiger partial charge on any atom is 0.241 e. The summed E-state index contributed by atoms with van der Waals surface area (Å²) < 4.78 is 51.3. The Balaban J connectivity index is 1.61. The molecule has 0 unspecified atom stereocenters. The van der Waals surface area contributed by atoms with E-state index in [2.05, 4.69) is 9.62 Å². The molecule has 0 amide bonds. The molecule has 9 heteroatoms. The van der Waals surface area contributed by atoms with Gasteiger partial charge in [-0.1, -0.05) is 17.7 Å². The van der Waals surface area contributed by atoms with Gasteiger partial charge in [0.2, 0.25) is 10.0 Å². The fourth-order valence-corrected chi connectivity index (χ4v) is 7.17. The Hall–Kier alpha value is -0.670. The van der Waals surface area contributed by atoms with Crippen LogP contribution in [0.25, 0.3) is 0 Å². The van der Waals surface area contributed by atoms with E-state index < -0.39 is 19.9 Å². The van der Waals surface area contributed by atoms with Crippen LogP contribution in [0, 0.1) is 6.92 Å². The molecule has 25 heavy (non-hydrogen) atoms. The van der Waals surface area contributed by atoms with E-state index in [1.54, 1.807) is 25.1 Å². The smallest absolute Gasteiger partial charge is 0.241 e. The van der Waals surface area contributed by atoms with E-state index in [0.717, 1.165) is 0 Å². The number of benzene rings is 1. The maximum absolute atomic E-state index is 12.6. The molecule has 3 rings (SSSR count). The van der Waals surface area contributed by atoms with Gasteiger partial charge in [0.15, 0.2) is 9.84 Å². The van der Waals surface area contributed by atoms with Crippen molar-refractivity contribution >= 4 is 31.5 Å².